The molecule has 0 aliphatic rings. The van der Waals surface area contributed by atoms with Gasteiger partial charge in [0.2, 0.25) is 21.8 Å². The molecule has 2 rings (SSSR count). The number of methoxy groups -OCH3 is 1. The molecule has 1 N–H and O–H groups in total. The van der Waals surface area contributed by atoms with Crippen molar-refractivity contribution in [1.82, 2.24) is 10.2 Å². The molecule has 0 heterocycles. The second-order valence-corrected chi connectivity index (χ2v) is 11.0. The number of carbonyl (C=O) groups is 2. The number of sulfonamides is 1. The van der Waals surface area contributed by atoms with Gasteiger partial charge in [-0.05, 0) is 51.5 Å². The Balaban J connectivity index is 2.20. The molecule has 0 aromatic heterocycles. The van der Waals surface area contributed by atoms with Gasteiger partial charge in [-0.1, -0.05) is 29.8 Å². The first kappa shape index (κ1) is 29.4. The monoisotopic (exact) mass is 541 g/mol. The molecule has 0 radical (unpaired) electrons. The Morgan fingerprint density at radius 3 is 2.36 bits per heavy atom. The van der Waals surface area contributed by atoms with E-state index >= 15 is 0 Å². The summed E-state index contributed by atoms with van der Waals surface area (Å²) >= 11 is 6.16. The summed E-state index contributed by atoms with van der Waals surface area (Å²) in [5.41, 5.74) is 0.615. The van der Waals surface area contributed by atoms with Gasteiger partial charge in [-0.25, -0.2) is 12.8 Å². The molecule has 1 atom stereocenters. The first-order valence-electron chi connectivity index (χ1n) is 11.5. The lowest BCUT2D eigenvalue weighted by atomic mass is 10.1. The number of rotatable bonds is 12. The van der Waals surface area contributed by atoms with Crippen molar-refractivity contribution in [1.29, 1.82) is 0 Å². The molecule has 36 heavy (non-hydrogen) atoms. The molecule has 11 heteroatoms. The maximum Gasteiger partial charge on any atom is 0.242 e. The number of anilines is 1. The Morgan fingerprint density at radius 2 is 1.81 bits per heavy atom. The van der Waals surface area contributed by atoms with Crippen LogP contribution < -0.4 is 14.4 Å². The van der Waals surface area contributed by atoms with Crippen molar-refractivity contribution in [2.45, 2.75) is 52.2 Å². The van der Waals surface area contributed by atoms with Crippen LogP contribution in [-0.2, 0) is 26.2 Å². The third kappa shape index (κ3) is 8.09. The van der Waals surface area contributed by atoms with Gasteiger partial charge in [-0.15, -0.1) is 0 Å². The minimum Gasteiger partial charge on any atom is -0.495 e. The van der Waals surface area contributed by atoms with Gasteiger partial charge >= 0.3 is 0 Å². The van der Waals surface area contributed by atoms with Crippen molar-refractivity contribution in [3.8, 4) is 5.75 Å². The summed E-state index contributed by atoms with van der Waals surface area (Å²) in [6.07, 6.45) is 1.18. The van der Waals surface area contributed by atoms with Crippen LogP contribution in [0.3, 0.4) is 0 Å². The summed E-state index contributed by atoms with van der Waals surface area (Å²) in [4.78, 5) is 27.2. The predicted molar refractivity (Wildman–Crippen MR) is 139 cm³/mol. The smallest absolute Gasteiger partial charge is 0.242 e. The molecule has 0 saturated heterocycles. The lowest BCUT2D eigenvalue weighted by Gasteiger charge is -2.30. The molecule has 0 unspecified atom stereocenters. The summed E-state index contributed by atoms with van der Waals surface area (Å²) in [5.74, 6) is -0.834. The standard InChI is InChI=1S/C25H33ClFN3O5S/c1-17(2)28-25(32)18(3)29(16-19-9-6-7-10-22(19)27)24(31)11-8-14-30(36(5,33)34)20-12-13-23(35-4)21(26)15-20/h6-7,9-10,12-13,15,17-18H,8,11,14,16H2,1-5H3,(H,28,32)/t18-/m1/s1. The van der Waals surface area contributed by atoms with E-state index in [0.717, 1.165) is 10.6 Å². The van der Waals surface area contributed by atoms with E-state index in [2.05, 4.69) is 5.32 Å². The van der Waals surface area contributed by atoms with Crippen LogP contribution in [0.5, 0.6) is 5.75 Å². The first-order valence-corrected chi connectivity index (χ1v) is 13.7. The topological polar surface area (TPSA) is 96.0 Å². The summed E-state index contributed by atoms with van der Waals surface area (Å²) in [6, 6.07) is 9.67. The van der Waals surface area contributed by atoms with Gasteiger partial charge in [0, 0.05) is 31.1 Å². The van der Waals surface area contributed by atoms with Crippen LogP contribution >= 0.6 is 11.6 Å². The van der Waals surface area contributed by atoms with Crippen LogP contribution in [0, 0.1) is 5.82 Å². The van der Waals surface area contributed by atoms with Gasteiger partial charge in [0.1, 0.15) is 17.6 Å². The predicted octanol–water partition coefficient (Wildman–Crippen LogP) is 3.98. The van der Waals surface area contributed by atoms with E-state index in [1.165, 1.54) is 24.1 Å². The average Bonchev–Trinajstić information content (AvgIpc) is 2.79. The number of ether oxygens (including phenoxy) is 1. The molecule has 0 aliphatic heterocycles. The SMILES string of the molecule is COc1ccc(N(CCCC(=O)N(Cc2ccccc2F)[C@H](C)C(=O)NC(C)C)S(C)(=O)=O)cc1Cl. The van der Waals surface area contributed by atoms with Gasteiger partial charge in [-0.2, -0.15) is 0 Å². The second-order valence-electron chi connectivity index (χ2n) is 8.71. The van der Waals surface area contributed by atoms with E-state index < -0.39 is 27.8 Å². The van der Waals surface area contributed by atoms with Gasteiger partial charge in [0.05, 0.1) is 24.1 Å². The van der Waals surface area contributed by atoms with Gasteiger partial charge < -0.3 is 15.0 Å². The average molecular weight is 542 g/mol. The fourth-order valence-corrected chi connectivity index (χ4v) is 4.82. The number of carbonyl (C=O) groups excluding carboxylic acids is 2. The third-order valence-corrected chi connectivity index (χ3v) is 6.96. The molecule has 2 aromatic rings. The number of hydrogen-bond donors (Lipinski definition) is 1. The minimum absolute atomic E-state index is 0.00728. The van der Waals surface area contributed by atoms with Crippen molar-refractivity contribution in [2.75, 3.05) is 24.2 Å². The Kier molecular flexibility index (Phi) is 10.5. The zero-order chi connectivity index (χ0) is 27.0. The van der Waals surface area contributed by atoms with Crippen molar-refractivity contribution < 1.29 is 27.1 Å². The van der Waals surface area contributed by atoms with E-state index in [1.807, 2.05) is 0 Å². The highest BCUT2D eigenvalue weighted by Gasteiger charge is 2.27. The van der Waals surface area contributed by atoms with Crippen LogP contribution in [0.15, 0.2) is 42.5 Å². The zero-order valence-corrected chi connectivity index (χ0v) is 22.7. The highest BCUT2D eigenvalue weighted by Crippen LogP contribution is 2.30. The number of halogens is 2. The molecule has 2 amide bonds. The summed E-state index contributed by atoms with van der Waals surface area (Å²) < 4.78 is 45.5. The fourth-order valence-electron chi connectivity index (χ4n) is 3.61. The highest BCUT2D eigenvalue weighted by atomic mass is 35.5. The molecule has 0 bridgehead atoms. The van der Waals surface area contributed by atoms with E-state index in [1.54, 1.807) is 51.1 Å². The maximum atomic E-state index is 14.3. The van der Waals surface area contributed by atoms with Gasteiger partial charge in [-0.3, -0.25) is 13.9 Å². The molecular weight excluding hydrogens is 509 g/mol. The molecule has 2 aromatic carbocycles. The maximum absolute atomic E-state index is 14.3. The van der Waals surface area contributed by atoms with Crippen molar-refractivity contribution in [3.63, 3.8) is 0 Å². The Hall–Kier alpha value is -2.85. The van der Waals surface area contributed by atoms with Crippen LogP contribution in [-0.4, -0.2) is 57.1 Å². The van der Waals surface area contributed by atoms with Gasteiger partial charge in [0.15, 0.2) is 0 Å². The van der Waals surface area contributed by atoms with Crippen LogP contribution in [0.2, 0.25) is 5.02 Å². The number of amides is 2. The molecule has 0 aliphatic carbocycles. The molecule has 198 valence electrons. The normalized spacial score (nSPS) is 12.2. The lowest BCUT2D eigenvalue weighted by Crippen LogP contribution is -2.49. The highest BCUT2D eigenvalue weighted by molar-refractivity contribution is 7.92. The van der Waals surface area contributed by atoms with Gasteiger partial charge in [0.25, 0.3) is 0 Å². The first-order chi connectivity index (χ1) is 16.8. The Bertz CT molecular complexity index is 1180. The van der Waals surface area contributed by atoms with Crippen LogP contribution in [0.1, 0.15) is 39.2 Å². The molecule has 0 spiro atoms. The molecule has 8 nitrogen and oxygen atoms in total. The number of benzene rings is 2. The molecule has 0 saturated carbocycles. The quantitative estimate of drug-likeness (QED) is 0.438. The Morgan fingerprint density at radius 1 is 1.14 bits per heavy atom. The summed E-state index contributed by atoms with van der Waals surface area (Å²) in [6.45, 7) is 5.10. The van der Waals surface area contributed by atoms with Crippen molar-refractivity contribution in [3.05, 3.63) is 58.9 Å². The van der Waals surface area contributed by atoms with Crippen molar-refractivity contribution >= 4 is 39.1 Å². The van der Waals surface area contributed by atoms with Crippen molar-refractivity contribution in [2.24, 2.45) is 0 Å². The number of nitrogens with one attached hydrogen (secondary N) is 1. The lowest BCUT2D eigenvalue weighted by molar-refractivity contribution is -0.140. The second kappa shape index (κ2) is 12.9. The van der Waals surface area contributed by atoms with E-state index in [-0.39, 0.29) is 48.5 Å². The van der Waals surface area contributed by atoms with E-state index in [9.17, 15) is 22.4 Å². The van der Waals surface area contributed by atoms with Crippen LogP contribution in [0.25, 0.3) is 0 Å². The van der Waals surface area contributed by atoms with E-state index in [0.29, 0.717) is 11.4 Å². The molecular formula is C25H33ClFN3O5S. The van der Waals surface area contributed by atoms with E-state index in [4.69, 9.17) is 16.3 Å². The number of nitrogens with zero attached hydrogens (tertiary/aromatic N) is 2. The molecule has 0 fully saturated rings. The Labute approximate surface area is 217 Å². The summed E-state index contributed by atoms with van der Waals surface area (Å²) in [5, 5.41) is 3.02. The largest absolute Gasteiger partial charge is 0.495 e. The van der Waals surface area contributed by atoms with Crippen LogP contribution in [0.4, 0.5) is 10.1 Å². The zero-order valence-electron chi connectivity index (χ0n) is 21.1. The minimum atomic E-state index is -3.67. The third-order valence-electron chi connectivity index (χ3n) is 5.47. The fraction of sp³-hybridized carbons (Fsp3) is 0.440. The summed E-state index contributed by atoms with van der Waals surface area (Å²) in [7, 11) is -2.22. The number of hydrogen-bond acceptors (Lipinski definition) is 5.